The molecule has 0 amide bonds. The second-order valence-corrected chi connectivity index (χ2v) is 4.27. The Morgan fingerprint density at radius 1 is 1.42 bits per heavy atom. The molecule has 1 unspecified atom stereocenters. The monoisotopic (exact) mass is 260 g/mol. The summed E-state index contributed by atoms with van der Waals surface area (Å²) in [5.74, 6) is 1.11. The van der Waals surface area contributed by atoms with E-state index in [2.05, 4.69) is 0 Å². The molecule has 0 saturated carbocycles. The standard InChI is InChI=1S/C14H12O5/c1-17-12-5-8(15)6-13-14(12)9(16)7-11(19-13)10-3-2-4-18-10/h2-6,11,15H,7H2,1H3. The molecule has 5 nitrogen and oxygen atoms in total. The molecule has 98 valence electrons. The SMILES string of the molecule is COc1cc(O)cc2c1C(=O)CC(c1ccco1)O2. The van der Waals surface area contributed by atoms with Crippen LogP contribution in [-0.2, 0) is 0 Å². The molecule has 19 heavy (non-hydrogen) atoms. The lowest BCUT2D eigenvalue weighted by Gasteiger charge is -2.25. The molecule has 0 saturated heterocycles. The van der Waals surface area contributed by atoms with Crippen LogP contribution < -0.4 is 9.47 Å². The van der Waals surface area contributed by atoms with Gasteiger partial charge in [-0.05, 0) is 12.1 Å². The summed E-state index contributed by atoms with van der Waals surface area (Å²) >= 11 is 0. The third-order valence-corrected chi connectivity index (χ3v) is 3.05. The molecular formula is C14H12O5. The van der Waals surface area contributed by atoms with Crippen LogP contribution in [0.3, 0.4) is 0 Å². The maximum atomic E-state index is 12.2. The van der Waals surface area contributed by atoms with E-state index in [1.807, 2.05) is 0 Å². The number of phenols is 1. The van der Waals surface area contributed by atoms with E-state index in [-0.39, 0.29) is 18.0 Å². The van der Waals surface area contributed by atoms with E-state index < -0.39 is 6.10 Å². The van der Waals surface area contributed by atoms with E-state index in [0.717, 1.165) is 0 Å². The van der Waals surface area contributed by atoms with Gasteiger partial charge < -0.3 is 19.0 Å². The van der Waals surface area contributed by atoms with Crippen molar-refractivity contribution in [1.29, 1.82) is 0 Å². The molecule has 0 radical (unpaired) electrons. The van der Waals surface area contributed by atoms with E-state index in [1.165, 1.54) is 25.5 Å². The van der Waals surface area contributed by atoms with Gasteiger partial charge in [0.25, 0.3) is 0 Å². The number of hydrogen-bond donors (Lipinski definition) is 1. The van der Waals surface area contributed by atoms with Crippen LogP contribution in [0, 0.1) is 0 Å². The average molecular weight is 260 g/mol. The maximum absolute atomic E-state index is 12.2. The van der Waals surface area contributed by atoms with Gasteiger partial charge in [-0.3, -0.25) is 4.79 Å². The number of phenolic OH excluding ortho intramolecular Hbond substituents is 1. The first-order chi connectivity index (χ1) is 9.19. The smallest absolute Gasteiger partial charge is 0.174 e. The second-order valence-electron chi connectivity index (χ2n) is 4.27. The van der Waals surface area contributed by atoms with Gasteiger partial charge in [0.15, 0.2) is 11.9 Å². The van der Waals surface area contributed by atoms with Gasteiger partial charge >= 0.3 is 0 Å². The van der Waals surface area contributed by atoms with Gasteiger partial charge in [0, 0.05) is 12.1 Å². The lowest BCUT2D eigenvalue weighted by molar-refractivity contribution is 0.0811. The number of aromatic hydroxyl groups is 1. The van der Waals surface area contributed by atoms with Gasteiger partial charge in [-0.15, -0.1) is 0 Å². The molecule has 0 aliphatic carbocycles. The number of rotatable bonds is 2. The maximum Gasteiger partial charge on any atom is 0.174 e. The molecular weight excluding hydrogens is 248 g/mol. The molecule has 2 heterocycles. The number of hydrogen-bond acceptors (Lipinski definition) is 5. The molecule has 2 aromatic rings. The average Bonchev–Trinajstić information content (AvgIpc) is 2.90. The highest BCUT2D eigenvalue weighted by Crippen LogP contribution is 2.41. The quantitative estimate of drug-likeness (QED) is 0.899. The summed E-state index contributed by atoms with van der Waals surface area (Å²) in [6.45, 7) is 0. The molecule has 3 rings (SSSR count). The van der Waals surface area contributed by atoms with E-state index in [4.69, 9.17) is 13.9 Å². The fourth-order valence-electron chi connectivity index (χ4n) is 2.20. The number of carbonyl (C=O) groups is 1. The highest BCUT2D eigenvalue weighted by atomic mass is 16.5. The Morgan fingerprint density at radius 3 is 2.95 bits per heavy atom. The Labute approximate surface area is 109 Å². The van der Waals surface area contributed by atoms with Crippen LogP contribution in [0.2, 0.25) is 0 Å². The normalized spacial score (nSPS) is 17.7. The van der Waals surface area contributed by atoms with E-state index in [9.17, 15) is 9.90 Å². The van der Waals surface area contributed by atoms with Crippen molar-refractivity contribution >= 4 is 5.78 Å². The van der Waals surface area contributed by atoms with E-state index >= 15 is 0 Å². The molecule has 1 aromatic carbocycles. The van der Waals surface area contributed by atoms with Gasteiger partial charge in [-0.2, -0.15) is 0 Å². The number of methoxy groups -OCH3 is 1. The molecule has 1 N–H and O–H groups in total. The van der Waals surface area contributed by atoms with Crippen LogP contribution in [0.25, 0.3) is 0 Å². The van der Waals surface area contributed by atoms with Crippen molar-refractivity contribution in [1.82, 2.24) is 0 Å². The van der Waals surface area contributed by atoms with Crippen molar-refractivity contribution in [3.63, 3.8) is 0 Å². The van der Waals surface area contributed by atoms with Crippen LogP contribution in [-0.4, -0.2) is 18.0 Å². The van der Waals surface area contributed by atoms with E-state index in [1.54, 1.807) is 12.1 Å². The first-order valence-electron chi connectivity index (χ1n) is 5.83. The summed E-state index contributed by atoms with van der Waals surface area (Å²) in [4.78, 5) is 12.2. The number of ether oxygens (including phenoxy) is 2. The number of ketones is 1. The Kier molecular flexibility index (Phi) is 2.67. The van der Waals surface area contributed by atoms with Crippen LogP contribution in [0.4, 0.5) is 0 Å². The minimum Gasteiger partial charge on any atom is -0.508 e. The second kappa shape index (κ2) is 4.35. The number of furan rings is 1. The largest absolute Gasteiger partial charge is 0.508 e. The van der Waals surface area contributed by atoms with Gasteiger partial charge in [0.05, 0.1) is 19.8 Å². The first-order valence-corrected chi connectivity index (χ1v) is 5.83. The topological polar surface area (TPSA) is 68.9 Å². The Bertz CT molecular complexity index is 615. The van der Waals surface area contributed by atoms with Crippen LogP contribution >= 0.6 is 0 Å². The summed E-state index contributed by atoms with van der Waals surface area (Å²) in [5, 5.41) is 9.61. The Balaban J connectivity index is 2.05. The fraction of sp³-hybridized carbons (Fsp3) is 0.214. The molecule has 1 atom stereocenters. The summed E-state index contributed by atoms with van der Waals surface area (Å²) in [6, 6.07) is 6.29. The number of fused-ring (bicyclic) bond motifs is 1. The highest BCUT2D eigenvalue weighted by Gasteiger charge is 2.32. The van der Waals surface area contributed by atoms with Crippen molar-refractivity contribution in [2.45, 2.75) is 12.5 Å². The molecule has 1 aliphatic heterocycles. The summed E-state index contributed by atoms with van der Waals surface area (Å²) in [7, 11) is 1.45. The number of benzene rings is 1. The molecule has 1 aliphatic rings. The molecule has 0 fully saturated rings. The zero-order chi connectivity index (χ0) is 13.4. The summed E-state index contributed by atoms with van der Waals surface area (Å²) in [5.41, 5.74) is 0.364. The lowest BCUT2D eigenvalue weighted by atomic mass is 9.98. The third kappa shape index (κ3) is 1.93. The Morgan fingerprint density at radius 2 is 2.26 bits per heavy atom. The van der Waals surface area contributed by atoms with Crippen LogP contribution in [0.5, 0.6) is 17.2 Å². The zero-order valence-electron chi connectivity index (χ0n) is 10.3. The van der Waals surface area contributed by atoms with Crippen molar-refractivity contribution in [2.75, 3.05) is 7.11 Å². The van der Waals surface area contributed by atoms with E-state index in [0.29, 0.717) is 22.8 Å². The van der Waals surface area contributed by atoms with Gasteiger partial charge in [-0.25, -0.2) is 0 Å². The number of carbonyl (C=O) groups excluding carboxylic acids is 1. The minimum atomic E-state index is -0.471. The molecule has 5 heteroatoms. The minimum absolute atomic E-state index is 0.0107. The number of Topliss-reactive ketones (excluding diaryl/α,β-unsaturated/α-hetero) is 1. The molecule has 0 bridgehead atoms. The Hall–Kier alpha value is -2.43. The summed E-state index contributed by atoms with van der Waals surface area (Å²) in [6.07, 6.45) is 1.24. The predicted molar refractivity (Wildman–Crippen MR) is 65.7 cm³/mol. The predicted octanol–water partition coefficient (Wildman–Crippen LogP) is 2.70. The zero-order valence-corrected chi connectivity index (χ0v) is 10.3. The molecule has 1 aromatic heterocycles. The fourth-order valence-corrected chi connectivity index (χ4v) is 2.20. The van der Waals surface area contributed by atoms with Gasteiger partial charge in [0.1, 0.15) is 28.6 Å². The summed E-state index contributed by atoms with van der Waals surface area (Å²) < 4.78 is 16.1. The third-order valence-electron chi connectivity index (χ3n) is 3.05. The van der Waals surface area contributed by atoms with Crippen molar-refractivity contribution in [3.8, 4) is 17.2 Å². The van der Waals surface area contributed by atoms with Crippen LogP contribution in [0.1, 0.15) is 28.6 Å². The van der Waals surface area contributed by atoms with Crippen molar-refractivity contribution < 1.29 is 23.8 Å². The first kappa shape index (κ1) is 11.6. The molecule has 0 spiro atoms. The van der Waals surface area contributed by atoms with Crippen molar-refractivity contribution in [2.24, 2.45) is 0 Å². The van der Waals surface area contributed by atoms with Crippen molar-refractivity contribution in [3.05, 3.63) is 41.9 Å². The lowest BCUT2D eigenvalue weighted by Crippen LogP contribution is -2.20. The van der Waals surface area contributed by atoms with Gasteiger partial charge in [-0.1, -0.05) is 0 Å². The van der Waals surface area contributed by atoms with Gasteiger partial charge in [0.2, 0.25) is 0 Å². The highest BCUT2D eigenvalue weighted by molar-refractivity contribution is 6.02. The van der Waals surface area contributed by atoms with Crippen LogP contribution in [0.15, 0.2) is 34.9 Å².